The summed E-state index contributed by atoms with van der Waals surface area (Å²) >= 11 is 0. The summed E-state index contributed by atoms with van der Waals surface area (Å²) in [4.78, 5) is 37.9. The molecule has 1 aliphatic heterocycles. The van der Waals surface area contributed by atoms with Crippen LogP contribution in [-0.4, -0.2) is 81.1 Å². The Morgan fingerprint density at radius 3 is 2.28 bits per heavy atom. The predicted octanol–water partition coefficient (Wildman–Crippen LogP) is 0.0841. The van der Waals surface area contributed by atoms with Gasteiger partial charge in [-0.25, -0.2) is 9.59 Å². The lowest BCUT2D eigenvalue weighted by Gasteiger charge is -2.20. The number of ether oxygens (including phenoxy) is 4. The van der Waals surface area contributed by atoms with E-state index >= 15 is 0 Å². The molecule has 0 aliphatic carbocycles. The number of methoxy groups -OCH3 is 4. The van der Waals surface area contributed by atoms with Gasteiger partial charge in [-0.3, -0.25) is 4.79 Å². The van der Waals surface area contributed by atoms with Crippen LogP contribution in [0.25, 0.3) is 0 Å². The molecule has 11 heteroatoms. The molecule has 2 rings (SSSR count). The summed E-state index contributed by atoms with van der Waals surface area (Å²) in [7, 11) is 5.12. The number of carboxylic acids is 1. The van der Waals surface area contributed by atoms with Crippen LogP contribution in [-0.2, 0) is 14.3 Å². The van der Waals surface area contributed by atoms with Gasteiger partial charge in [0.1, 0.15) is 11.4 Å². The fourth-order valence-corrected chi connectivity index (χ4v) is 2.92. The van der Waals surface area contributed by atoms with E-state index in [1.807, 2.05) is 0 Å². The van der Waals surface area contributed by atoms with Crippen molar-refractivity contribution in [1.82, 2.24) is 4.90 Å². The Kier molecular flexibility index (Phi) is 6.89. The van der Waals surface area contributed by atoms with Crippen molar-refractivity contribution >= 4 is 23.5 Å². The van der Waals surface area contributed by atoms with Crippen molar-refractivity contribution in [3.05, 3.63) is 22.9 Å². The van der Waals surface area contributed by atoms with E-state index in [-0.39, 0.29) is 59.5 Å². The molecular formula is C18H22N2O9. The normalized spacial score (nSPS) is 13.4. The van der Waals surface area contributed by atoms with Gasteiger partial charge in [-0.2, -0.15) is 0 Å². The van der Waals surface area contributed by atoms with Crippen LogP contribution in [0.1, 0.15) is 10.4 Å². The molecule has 0 fully saturated rings. The Morgan fingerprint density at radius 1 is 1.14 bits per heavy atom. The molecule has 1 heterocycles. The number of aromatic carboxylic acids is 1. The average Bonchev–Trinajstić information content (AvgIpc) is 3.02. The second kappa shape index (κ2) is 9.15. The molecule has 1 aromatic carbocycles. The molecule has 1 aromatic rings. The number of carbonyl (C=O) groups excluding carboxylic acids is 2. The summed E-state index contributed by atoms with van der Waals surface area (Å²) < 4.78 is 20.4. The van der Waals surface area contributed by atoms with Gasteiger partial charge < -0.3 is 39.4 Å². The van der Waals surface area contributed by atoms with Crippen molar-refractivity contribution in [3.8, 4) is 17.2 Å². The number of esters is 1. The smallest absolute Gasteiger partial charge is 0.338 e. The second-order valence-electron chi connectivity index (χ2n) is 5.79. The first-order chi connectivity index (χ1) is 13.8. The van der Waals surface area contributed by atoms with Gasteiger partial charge in [-0.15, -0.1) is 0 Å². The third-order valence-electron chi connectivity index (χ3n) is 4.26. The van der Waals surface area contributed by atoms with Gasteiger partial charge in [0.2, 0.25) is 5.75 Å². The number of carbonyl (C=O) groups is 3. The maximum Gasteiger partial charge on any atom is 0.338 e. The second-order valence-corrected chi connectivity index (χ2v) is 5.79. The number of aliphatic hydroxyl groups is 1. The Morgan fingerprint density at radius 2 is 1.79 bits per heavy atom. The number of anilines is 1. The molecule has 0 atom stereocenters. The van der Waals surface area contributed by atoms with Crippen LogP contribution >= 0.6 is 0 Å². The quantitative estimate of drug-likeness (QED) is 0.479. The highest BCUT2D eigenvalue weighted by Gasteiger charge is 2.36. The third kappa shape index (κ3) is 4.04. The first kappa shape index (κ1) is 21.8. The third-order valence-corrected chi connectivity index (χ3v) is 4.26. The molecule has 0 unspecified atom stereocenters. The lowest BCUT2D eigenvalue weighted by atomic mass is 10.1. The molecule has 0 radical (unpaired) electrons. The van der Waals surface area contributed by atoms with E-state index in [0.717, 1.165) is 7.11 Å². The van der Waals surface area contributed by atoms with E-state index in [4.69, 9.17) is 24.1 Å². The minimum Gasteiger partial charge on any atom is -0.493 e. The van der Waals surface area contributed by atoms with Crippen LogP contribution in [0, 0.1) is 0 Å². The molecule has 1 aliphatic rings. The monoisotopic (exact) mass is 410 g/mol. The van der Waals surface area contributed by atoms with Gasteiger partial charge in [0.05, 0.1) is 52.7 Å². The van der Waals surface area contributed by atoms with Gasteiger partial charge in [-0.1, -0.05) is 0 Å². The Balaban J connectivity index is 2.68. The number of nitrogens with zero attached hydrogens (tertiary/aromatic N) is 1. The van der Waals surface area contributed by atoms with Crippen LogP contribution in [0.5, 0.6) is 17.2 Å². The Hall–Kier alpha value is -3.47. The highest BCUT2D eigenvalue weighted by Crippen LogP contribution is 2.46. The van der Waals surface area contributed by atoms with E-state index in [1.54, 1.807) is 0 Å². The number of rotatable bonds is 9. The molecule has 158 valence electrons. The van der Waals surface area contributed by atoms with Crippen LogP contribution in [0.2, 0.25) is 0 Å². The van der Waals surface area contributed by atoms with Gasteiger partial charge in [0.15, 0.2) is 11.5 Å². The maximum atomic E-state index is 12.7. The molecule has 0 aromatic heterocycles. The fraction of sp³-hybridized carbons (Fsp3) is 0.389. The minimum absolute atomic E-state index is 0.0145. The Labute approximate surface area is 166 Å². The SMILES string of the molecule is COC(=O)C1=C(Nc2c(C(=O)O)cc(OC)c(OC)c2OC)C(=O)N(CCO)C1. The van der Waals surface area contributed by atoms with Crippen LogP contribution in [0.15, 0.2) is 17.3 Å². The zero-order valence-corrected chi connectivity index (χ0v) is 16.4. The van der Waals surface area contributed by atoms with E-state index in [1.165, 1.54) is 32.3 Å². The number of amides is 1. The number of benzene rings is 1. The van der Waals surface area contributed by atoms with E-state index in [2.05, 4.69) is 5.32 Å². The first-order valence-corrected chi connectivity index (χ1v) is 8.39. The van der Waals surface area contributed by atoms with Crippen molar-refractivity contribution in [3.63, 3.8) is 0 Å². The van der Waals surface area contributed by atoms with Crippen LogP contribution in [0.4, 0.5) is 5.69 Å². The molecule has 1 amide bonds. The molecular weight excluding hydrogens is 388 g/mol. The molecule has 0 spiro atoms. The van der Waals surface area contributed by atoms with Gasteiger partial charge in [0, 0.05) is 12.6 Å². The van der Waals surface area contributed by atoms with Gasteiger partial charge >= 0.3 is 11.9 Å². The number of carboxylic acid groups (broad SMARTS) is 1. The largest absolute Gasteiger partial charge is 0.493 e. The maximum absolute atomic E-state index is 12.7. The first-order valence-electron chi connectivity index (χ1n) is 8.39. The van der Waals surface area contributed by atoms with Crippen molar-refractivity contribution in [2.45, 2.75) is 0 Å². The van der Waals surface area contributed by atoms with E-state index in [0.29, 0.717) is 0 Å². The molecule has 29 heavy (non-hydrogen) atoms. The highest BCUT2D eigenvalue weighted by molar-refractivity contribution is 6.10. The average molecular weight is 410 g/mol. The number of aliphatic hydroxyl groups excluding tert-OH is 1. The summed E-state index contributed by atoms with van der Waals surface area (Å²) in [6.45, 7) is -0.431. The van der Waals surface area contributed by atoms with Crippen LogP contribution < -0.4 is 19.5 Å². The van der Waals surface area contributed by atoms with Gasteiger partial charge in [0.25, 0.3) is 5.91 Å². The van der Waals surface area contributed by atoms with Crippen LogP contribution in [0.3, 0.4) is 0 Å². The number of hydrogen-bond donors (Lipinski definition) is 3. The van der Waals surface area contributed by atoms with Crippen molar-refractivity contribution in [2.24, 2.45) is 0 Å². The number of β-amino-alcohol motifs (C(OH)–C–C–N with tert-alkyl or cyclic N) is 1. The van der Waals surface area contributed by atoms with Crippen molar-refractivity contribution in [1.29, 1.82) is 0 Å². The minimum atomic E-state index is -1.33. The standard InChI is InChI=1S/C18H22N2O9/c1-26-11-7-9(17(23)24)12(15(28-3)14(11)27-2)19-13-10(18(25)29-4)8-20(5-6-21)16(13)22/h7,19,21H,5-6,8H2,1-4H3,(H,23,24). The number of hydrogen-bond acceptors (Lipinski definition) is 9. The lowest BCUT2D eigenvalue weighted by molar-refractivity contribution is -0.136. The number of nitrogens with one attached hydrogen (secondary N) is 1. The molecule has 0 bridgehead atoms. The lowest BCUT2D eigenvalue weighted by Crippen LogP contribution is -2.31. The fourth-order valence-electron chi connectivity index (χ4n) is 2.92. The highest BCUT2D eigenvalue weighted by atomic mass is 16.5. The summed E-state index contributed by atoms with van der Waals surface area (Å²) in [5.74, 6) is -2.53. The van der Waals surface area contributed by atoms with Crippen molar-refractivity contribution < 1.29 is 43.5 Å². The molecule has 11 nitrogen and oxygen atoms in total. The van der Waals surface area contributed by atoms with Crippen molar-refractivity contribution in [2.75, 3.05) is 53.5 Å². The summed E-state index contributed by atoms with van der Waals surface area (Å²) in [5, 5.41) is 21.5. The molecule has 3 N–H and O–H groups in total. The molecule has 0 saturated carbocycles. The predicted molar refractivity (Wildman–Crippen MR) is 99.4 cm³/mol. The summed E-state index contributed by atoms with van der Waals surface area (Å²) in [6.07, 6.45) is 0. The summed E-state index contributed by atoms with van der Waals surface area (Å²) in [5.41, 5.74) is -0.574. The zero-order valence-electron chi connectivity index (χ0n) is 16.4. The van der Waals surface area contributed by atoms with Gasteiger partial charge in [-0.05, 0) is 0 Å². The molecule has 0 saturated heterocycles. The topological polar surface area (TPSA) is 144 Å². The Bertz CT molecular complexity index is 863. The zero-order chi connectivity index (χ0) is 21.7. The summed E-state index contributed by atoms with van der Waals surface area (Å²) in [6, 6.07) is 1.20. The van der Waals surface area contributed by atoms with E-state index < -0.39 is 17.8 Å². The van der Waals surface area contributed by atoms with E-state index in [9.17, 15) is 19.5 Å².